The molecule has 7 atom stereocenters. The predicted octanol–water partition coefficient (Wildman–Crippen LogP) is 5.27. The van der Waals surface area contributed by atoms with E-state index in [0.29, 0.717) is 43.0 Å². The van der Waals surface area contributed by atoms with Crippen LogP contribution in [0.3, 0.4) is 0 Å². The molecule has 2 heterocycles. The number of carbonyl (C=O) groups excluding carboxylic acids is 3. The Kier molecular flexibility index (Phi) is 21.0. The number of cyclic esters (lactones) is 1. The molecule has 0 spiro atoms. The average molecular weight is 752 g/mol. The molecule has 3 rings (SSSR count). The number of aldehydes is 1. The quantitative estimate of drug-likeness (QED) is 0.0503. The number of rotatable bonds is 18. The third kappa shape index (κ3) is 17.1. The van der Waals surface area contributed by atoms with E-state index in [-0.39, 0.29) is 29.9 Å². The normalized spacial score (nSPS) is 23.7. The molecule has 13 nitrogen and oxygen atoms in total. The summed E-state index contributed by atoms with van der Waals surface area (Å²) in [6, 6.07) is 6.38. The van der Waals surface area contributed by atoms with Crippen LogP contribution in [0, 0.1) is 11.7 Å². The van der Waals surface area contributed by atoms with Crippen LogP contribution >= 0.6 is 0 Å². The van der Waals surface area contributed by atoms with Crippen molar-refractivity contribution in [2.24, 2.45) is 17.5 Å². The molecule has 0 radical (unpaired) electrons. The fraction of sp³-hybridized carbons (Fsp3) is 0.667. The van der Waals surface area contributed by atoms with Crippen LogP contribution in [-0.2, 0) is 28.5 Å². The van der Waals surface area contributed by atoms with Crippen LogP contribution in [0.25, 0.3) is 5.70 Å². The molecular formula is C39H66FN5O8. The third-order valence-electron chi connectivity index (χ3n) is 9.73. The first-order valence-electron chi connectivity index (χ1n) is 18.3. The lowest BCUT2D eigenvalue weighted by molar-refractivity contribution is -0.172. The molecule has 0 aliphatic carbocycles. The minimum absolute atomic E-state index is 0.0613. The van der Waals surface area contributed by atoms with Crippen molar-refractivity contribution in [2.75, 3.05) is 34.9 Å². The summed E-state index contributed by atoms with van der Waals surface area (Å²) in [7, 11) is 7.33. The number of methoxy groups -OCH3 is 2. The number of benzene rings is 1. The fourth-order valence-electron chi connectivity index (χ4n) is 5.89. The second-order valence-corrected chi connectivity index (χ2v) is 14.3. The monoisotopic (exact) mass is 751 g/mol. The van der Waals surface area contributed by atoms with Gasteiger partial charge in [0, 0.05) is 39.3 Å². The molecule has 4 unspecified atom stereocenters. The Morgan fingerprint density at radius 3 is 2.26 bits per heavy atom. The molecule has 53 heavy (non-hydrogen) atoms. The Bertz CT molecular complexity index is 1310. The Labute approximate surface area is 316 Å². The number of hydrogen-bond donors (Lipinski definition) is 4. The van der Waals surface area contributed by atoms with Crippen molar-refractivity contribution in [2.45, 2.75) is 129 Å². The standard InChI is InChI=1S/C24H36FN3O3.C8H17NO2.C7H13NO3/c1-5-19(10-13-24(3,31-4)14-11-23(30)18(2)17-29)12-15-28(27)16-22(26)20-6-8-21(25)9-7-20;1-6-4-7(9(2)3)5-8(10)11-6;1-4-5(10-3)7(2)8-6(9)11-7/h6-9,12,16-18H,5,10-11,13-15,26-27H2,1-4H3;6-8,10H,4-5H2,1-3H3;5H,4H2,1-3H3,(H,8,9)/b19-12-,22-16-;;/t18?,24-;;5-,7-/m1.1/s1. The van der Waals surface area contributed by atoms with Crippen LogP contribution in [0.4, 0.5) is 9.18 Å². The largest absolute Gasteiger partial charge is 0.420 e. The van der Waals surface area contributed by atoms with E-state index in [1.165, 1.54) is 22.7 Å². The highest BCUT2D eigenvalue weighted by Crippen LogP contribution is 2.27. The first-order valence-corrected chi connectivity index (χ1v) is 18.3. The maximum absolute atomic E-state index is 13.0. The summed E-state index contributed by atoms with van der Waals surface area (Å²) in [5.41, 5.74) is 7.36. The minimum Gasteiger partial charge on any atom is -0.420 e. The molecule has 2 aliphatic heterocycles. The van der Waals surface area contributed by atoms with Gasteiger partial charge in [0.2, 0.25) is 5.72 Å². The summed E-state index contributed by atoms with van der Waals surface area (Å²) in [5, 5.41) is 13.4. The number of hydrogen-bond acceptors (Lipinski definition) is 12. The van der Waals surface area contributed by atoms with E-state index >= 15 is 0 Å². The van der Waals surface area contributed by atoms with Gasteiger partial charge in [0.1, 0.15) is 24.0 Å². The minimum atomic E-state index is -0.611. The van der Waals surface area contributed by atoms with Gasteiger partial charge in [-0.2, -0.15) is 0 Å². The number of nitrogens with one attached hydrogen (secondary N) is 1. The molecule has 0 bridgehead atoms. The molecule has 14 heteroatoms. The Balaban J connectivity index is 0.000000512. The molecule has 2 fully saturated rings. The summed E-state index contributed by atoms with van der Waals surface area (Å²) in [6.45, 7) is 11.9. The van der Waals surface area contributed by atoms with Gasteiger partial charge in [-0.15, -0.1) is 0 Å². The zero-order valence-electron chi connectivity index (χ0n) is 33.5. The smallest absolute Gasteiger partial charge is 0.412 e. The van der Waals surface area contributed by atoms with Gasteiger partial charge >= 0.3 is 6.09 Å². The second kappa shape index (κ2) is 23.4. The molecular weight excluding hydrogens is 685 g/mol. The van der Waals surface area contributed by atoms with Crippen molar-refractivity contribution in [3.63, 3.8) is 0 Å². The Morgan fingerprint density at radius 2 is 1.79 bits per heavy atom. The van der Waals surface area contributed by atoms with Crippen LogP contribution in [-0.4, -0.2) is 104 Å². The predicted molar refractivity (Wildman–Crippen MR) is 204 cm³/mol. The summed E-state index contributed by atoms with van der Waals surface area (Å²) in [6.07, 6.45) is 9.42. The van der Waals surface area contributed by atoms with Gasteiger partial charge in [0.05, 0.1) is 29.9 Å². The summed E-state index contributed by atoms with van der Waals surface area (Å²) in [5.74, 6) is 5.09. The molecule has 2 saturated heterocycles. The lowest BCUT2D eigenvalue weighted by Crippen LogP contribution is -2.67. The molecule has 302 valence electrons. The number of ether oxygens (including phenoxy) is 4. The van der Waals surface area contributed by atoms with Crippen LogP contribution in [0.1, 0.15) is 98.5 Å². The van der Waals surface area contributed by atoms with Crippen LogP contribution in [0.5, 0.6) is 0 Å². The zero-order chi connectivity index (χ0) is 40.4. The highest BCUT2D eigenvalue weighted by atomic mass is 19.1. The lowest BCUT2D eigenvalue weighted by atomic mass is 9.89. The second-order valence-electron chi connectivity index (χ2n) is 14.3. The van der Waals surface area contributed by atoms with Crippen molar-refractivity contribution < 1.29 is 42.8 Å². The van der Waals surface area contributed by atoms with Crippen molar-refractivity contribution in [1.82, 2.24) is 15.2 Å². The highest BCUT2D eigenvalue weighted by Gasteiger charge is 2.47. The number of halogens is 1. The van der Waals surface area contributed by atoms with Gasteiger partial charge in [0.15, 0.2) is 6.29 Å². The van der Waals surface area contributed by atoms with E-state index in [1.807, 2.05) is 34.9 Å². The van der Waals surface area contributed by atoms with Crippen molar-refractivity contribution in [3.8, 4) is 0 Å². The number of hydrazine groups is 1. The first kappa shape index (κ1) is 47.6. The topological polar surface area (TPSA) is 179 Å². The van der Waals surface area contributed by atoms with E-state index < -0.39 is 23.5 Å². The van der Waals surface area contributed by atoms with Crippen molar-refractivity contribution in [3.05, 3.63) is 53.5 Å². The Hall–Kier alpha value is -3.40. The van der Waals surface area contributed by atoms with E-state index in [0.717, 1.165) is 38.5 Å². The lowest BCUT2D eigenvalue weighted by Gasteiger charge is -2.43. The number of aliphatic hydroxyl groups is 1. The molecule has 1 aromatic rings. The average Bonchev–Trinajstić information content (AvgIpc) is 3.10. The zero-order valence-corrected chi connectivity index (χ0v) is 33.5. The number of amides is 1. The first-order chi connectivity index (χ1) is 24.8. The summed E-state index contributed by atoms with van der Waals surface area (Å²) < 4.78 is 33.9. The molecule has 1 aromatic carbocycles. The highest BCUT2D eigenvalue weighted by molar-refractivity contribution is 5.92. The number of nitrogens with two attached hydrogens (primary N) is 2. The van der Waals surface area contributed by atoms with Crippen LogP contribution in [0.15, 0.2) is 42.1 Å². The van der Waals surface area contributed by atoms with E-state index in [4.69, 9.17) is 30.5 Å². The fourth-order valence-corrected chi connectivity index (χ4v) is 5.89. The summed E-state index contributed by atoms with van der Waals surface area (Å²) >= 11 is 0. The van der Waals surface area contributed by atoms with E-state index in [1.54, 1.807) is 46.4 Å². The number of nitrogens with zero attached hydrogens (tertiary/aromatic N) is 2. The SMILES string of the molecule is CC/C(=C/CN(N)/C=C(\N)c1ccc(F)cc1)CC[C@](C)(CCC(=O)C(C)C=O)OC.CC1CC(N(C)C)CC(O)O1.CC[C@@H](OC)[C@]1(C)NC(=O)O1. The molecule has 1 amide bonds. The van der Waals surface area contributed by atoms with Crippen LogP contribution in [0.2, 0.25) is 0 Å². The van der Waals surface area contributed by atoms with Gasteiger partial charge in [-0.05, 0) is 110 Å². The number of allylic oxidation sites excluding steroid dienone is 1. The van der Waals surface area contributed by atoms with Gasteiger partial charge in [0.25, 0.3) is 0 Å². The third-order valence-corrected chi connectivity index (χ3v) is 9.73. The van der Waals surface area contributed by atoms with Gasteiger partial charge in [-0.1, -0.05) is 25.5 Å². The number of ketones is 1. The number of Topliss-reactive ketones (excluding diaryl/α,β-unsaturated/α-hetero) is 1. The van der Waals surface area contributed by atoms with Gasteiger partial charge in [-0.3, -0.25) is 10.1 Å². The van der Waals surface area contributed by atoms with Gasteiger partial charge in [-0.25, -0.2) is 15.0 Å². The van der Waals surface area contributed by atoms with Crippen LogP contribution < -0.4 is 16.9 Å². The molecule has 0 saturated carbocycles. The van der Waals surface area contributed by atoms with Crippen molar-refractivity contribution >= 4 is 23.9 Å². The number of carbonyl (C=O) groups is 3. The van der Waals surface area contributed by atoms with Crippen molar-refractivity contribution in [1.29, 1.82) is 0 Å². The summed E-state index contributed by atoms with van der Waals surface area (Å²) in [4.78, 5) is 35.3. The molecule has 2 aliphatic rings. The molecule has 6 N–H and O–H groups in total. The molecule has 0 aromatic heterocycles. The maximum Gasteiger partial charge on any atom is 0.412 e. The van der Waals surface area contributed by atoms with E-state index in [9.17, 15) is 23.9 Å². The van der Waals surface area contributed by atoms with E-state index in [2.05, 4.69) is 23.2 Å². The van der Waals surface area contributed by atoms with Gasteiger partial charge < -0.3 is 44.5 Å². The number of aliphatic hydroxyl groups excluding tert-OH is 1. The maximum atomic E-state index is 13.0. The Morgan fingerprint density at radius 1 is 1.19 bits per heavy atom.